The second-order valence-corrected chi connectivity index (χ2v) is 8.34. The van der Waals surface area contributed by atoms with Gasteiger partial charge in [0, 0.05) is 62.2 Å². The summed E-state index contributed by atoms with van der Waals surface area (Å²) in [5.74, 6) is 4.55. The number of ether oxygens (including phenoxy) is 1. The van der Waals surface area contributed by atoms with Crippen LogP contribution in [0.25, 0.3) is 0 Å². The van der Waals surface area contributed by atoms with E-state index in [0.29, 0.717) is 0 Å². The Hall–Kier alpha value is -2.36. The van der Waals surface area contributed by atoms with Crippen LogP contribution in [0.3, 0.4) is 0 Å². The summed E-state index contributed by atoms with van der Waals surface area (Å²) in [4.78, 5) is 13.7. The topological polar surface area (TPSA) is 61.7 Å². The quantitative estimate of drug-likeness (QED) is 0.775. The average Bonchev–Trinajstić information content (AvgIpc) is 3.43. The van der Waals surface area contributed by atoms with E-state index >= 15 is 0 Å². The highest BCUT2D eigenvalue weighted by atomic mass is 16.5. The Labute approximate surface area is 173 Å². The standard InChI is InChI=1S/C23H30N4O2/c1-4-19(14-21-17(2)6-13-29-21)18(3)26-9-5-10-27(12-11-26)22-24-15-20(16-25-22)23(28)7-8-23/h1,14-16,18,28H,5-13H2,2-3H3/b19-14+. The Morgan fingerprint density at radius 1 is 1.28 bits per heavy atom. The smallest absolute Gasteiger partial charge is 0.225 e. The Bertz CT molecular complexity index is 849. The van der Waals surface area contributed by atoms with Crippen molar-refractivity contribution in [3.8, 4) is 12.3 Å². The number of allylic oxidation sites excluding steroid dienone is 1. The lowest BCUT2D eigenvalue weighted by Crippen LogP contribution is -2.38. The van der Waals surface area contributed by atoms with Gasteiger partial charge in [0.1, 0.15) is 5.76 Å². The Morgan fingerprint density at radius 3 is 2.66 bits per heavy atom. The van der Waals surface area contributed by atoms with E-state index in [-0.39, 0.29) is 6.04 Å². The van der Waals surface area contributed by atoms with Crippen molar-refractivity contribution < 1.29 is 9.84 Å². The van der Waals surface area contributed by atoms with E-state index in [2.05, 4.69) is 39.5 Å². The molecule has 1 aromatic rings. The number of aromatic nitrogens is 2. The molecule has 1 saturated carbocycles. The molecule has 0 amide bonds. The Morgan fingerprint density at radius 2 is 2.03 bits per heavy atom. The van der Waals surface area contributed by atoms with Gasteiger partial charge in [-0.25, -0.2) is 9.97 Å². The number of anilines is 1. The molecule has 154 valence electrons. The van der Waals surface area contributed by atoms with Gasteiger partial charge in [-0.15, -0.1) is 6.42 Å². The molecule has 6 nitrogen and oxygen atoms in total. The van der Waals surface area contributed by atoms with Crippen LogP contribution in [0.2, 0.25) is 0 Å². The van der Waals surface area contributed by atoms with Gasteiger partial charge < -0.3 is 14.7 Å². The first-order chi connectivity index (χ1) is 14.0. The number of terminal acetylenes is 1. The molecule has 0 bridgehead atoms. The molecule has 1 saturated heterocycles. The lowest BCUT2D eigenvalue weighted by molar-refractivity contribution is 0.150. The summed E-state index contributed by atoms with van der Waals surface area (Å²) >= 11 is 0. The Kier molecular flexibility index (Phi) is 5.62. The zero-order valence-corrected chi connectivity index (χ0v) is 17.4. The molecule has 3 heterocycles. The summed E-state index contributed by atoms with van der Waals surface area (Å²) in [6.45, 7) is 8.67. The third-order valence-electron chi connectivity index (χ3n) is 6.32. The molecule has 0 radical (unpaired) electrons. The zero-order chi connectivity index (χ0) is 20.4. The van der Waals surface area contributed by atoms with Gasteiger partial charge >= 0.3 is 0 Å². The number of rotatable bonds is 5. The highest BCUT2D eigenvalue weighted by Crippen LogP contribution is 2.44. The van der Waals surface area contributed by atoms with Gasteiger partial charge in [-0.1, -0.05) is 5.92 Å². The summed E-state index contributed by atoms with van der Waals surface area (Å²) in [5, 5.41) is 10.2. The first-order valence-corrected chi connectivity index (χ1v) is 10.5. The van der Waals surface area contributed by atoms with Crippen molar-refractivity contribution in [1.82, 2.24) is 14.9 Å². The zero-order valence-electron chi connectivity index (χ0n) is 17.4. The number of hydrogen-bond donors (Lipinski definition) is 1. The van der Waals surface area contributed by atoms with Crippen molar-refractivity contribution in [3.05, 3.63) is 40.9 Å². The molecule has 0 aromatic carbocycles. The third-order valence-corrected chi connectivity index (χ3v) is 6.32. The van der Waals surface area contributed by atoms with Crippen LogP contribution in [-0.4, -0.2) is 58.8 Å². The molecule has 1 aliphatic carbocycles. The minimum atomic E-state index is -0.682. The molecule has 1 unspecified atom stereocenters. The number of aliphatic hydroxyl groups is 1. The van der Waals surface area contributed by atoms with Crippen LogP contribution in [-0.2, 0) is 10.3 Å². The first-order valence-electron chi connectivity index (χ1n) is 10.5. The van der Waals surface area contributed by atoms with E-state index in [1.807, 2.05) is 6.08 Å². The molecule has 29 heavy (non-hydrogen) atoms. The summed E-state index contributed by atoms with van der Waals surface area (Å²) in [7, 11) is 0. The van der Waals surface area contributed by atoms with Crippen molar-refractivity contribution in [3.63, 3.8) is 0 Å². The first kappa shape index (κ1) is 19.9. The van der Waals surface area contributed by atoms with Crippen LogP contribution in [0.1, 0.15) is 45.1 Å². The SMILES string of the molecule is C#C/C(=C\C1=C(C)CCO1)C(C)N1CCCN(c2ncc(C3(O)CC3)cn2)CC1. The molecule has 0 spiro atoms. The maximum Gasteiger partial charge on any atom is 0.225 e. The van der Waals surface area contributed by atoms with Crippen molar-refractivity contribution in [2.24, 2.45) is 0 Å². The third kappa shape index (κ3) is 4.31. The van der Waals surface area contributed by atoms with Crippen molar-refractivity contribution in [2.45, 2.75) is 51.2 Å². The summed E-state index contributed by atoms with van der Waals surface area (Å²) in [6, 6.07) is 0.164. The summed E-state index contributed by atoms with van der Waals surface area (Å²) < 4.78 is 5.72. The summed E-state index contributed by atoms with van der Waals surface area (Å²) in [5.41, 5.74) is 2.38. The van der Waals surface area contributed by atoms with Crippen LogP contribution < -0.4 is 4.90 Å². The molecule has 4 rings (SSSR count). The molecule has 1 N–H and O–H groups in total. The van der Waals surface area contributed by atoms with Crippen LogP contribution >= 0.6 is 0 Å². The van der Waals surface area contributed by atoms with Gasteiger partial charge in [0.2, 0.25) is 5.95 Å². The molecular weight excluding hydrogens is 364 g/mol. The molecule has 2 aliphatic heterocycles. The van der Waals surface area contributed by atoms with Gasteiger partial charge in [-0.2, -0.15) is 0 Å². The molecule has 1 aromatic heterocycles. The molecule has 1 atom stereocenters. The number of hydrogen-bond acceptors (Lipinski definition) is 6. The van der Waals surface area contributed by atoms with Gasteiger partial charge in [-0.05, 0) is 44.8 Å². The summed E-state index contributed by atoms with van der Waals surface area (Å²) in [6.07, 6.45) is 15.0. The van der Waals surface area contributed by atoms with Crippen LogP contribution in [0.4, 0.5) is 5.95 Å². The van der Waals surface area contributed by atoms with Gasteiger partial charge in [0.15, 0.2) is 0 Å². The molecular formula is C23H30N4O2. The highest BCUT2D eigenvalue weighted by molar-refractivity contribution is 5.38. The van der Waals surface area contributed by atoms with E-state index < -0.39 is 5.60 Å². The maximum atomic E-state index is 10.2. The highest BCUT2D eigenvalue weighted by Gasteiger charge is 2.42. The molecule has 6 heteroatoms. The fourth-order valence-electron chi connectivity index (χ4n) is 4.00. The molecule has 3 aliphatic rings. The normalized spacial score (nSPS) is 23.4. The van der Waals surface area contributed by atoms with E-state index in [1.165, 1.54) is 5.57 Å². The second kappa shape index (κ2) is 8.17. The van der Waals surface area contributed by atoms with Gasteiger partial charge in [-0.3, -0.25) is 4.90 Å². The Balaban J connectivity index is 1.41. The van der Waals surface area contributed by atoms with Crippen molar-refractivity contribution in [2.75, 3.05) is 37.7 Å². The van der Waals surface area contributed by atoms with Crippen molar-refractivity contribution >= 4 is 5.95 Å². The van der Waals surface area contributed by atoms with Crippen LogP contribution in [0, 0.1) is 12.3 Å². The van der Waals surface area contributed by atoms with Crippen molar-refractivity contribution in [1.29, 1.82) is 0 Å². The fourth-order valence-corrected chi connectivity index (χ4v) is 4.00. The van der Waals surface area contributed by atoms with Gasteiger partial charge in [0.05, 0.1) is 12.2 Å². The predicted octanol–water partition coefficient (Wildman–Crippen LogP) is 2.61. The average molecular weight is 395 g/mol. The lowest BCUT2D eigenvalue weighted by Gasteiger charge is -2.28. The maximum absolute atomic E-state index is 10.2. The minimum absolute atomic E-state index is 0.164. The van der Waals surface area contributed by atoms with Gasteiger partial charge in [0.25, 0.3) is 0 Å². The van der Waals surface area contributed by atoms with Crippen LogP contribution in [0.5, 0.6) is 0 Å². The lowest BCUT2D eigenvalue weighted by atomic mass is 10.1. The predicted molar refractivity (Wildman–Crippen MR) is 113 cm³/mol. The largest absolute Gasteiger partial charge is 0.493 e. The second-order valence-electron chi connectivity index (χ2n) is 8.34. The molecule has 2 fully saturated rings. The minimum Gasteiger partial charge on any atom is -0.493 e. The van der Waals surface area contributed by atoms with E-state index in [0.717, 1.165) is 81.3 Å². The monoisotopic (exact) mass is 394 g/mol. The van der Waals surface area contributed by atoms with E-state index in [4.69, 9.17) is 11.2 Å². The number of nitrogens with zero attached hydrogens (tertiary/aromatic N) is 4. The fraction of sp³-hybridized carbons (Fsp3) is 0.565. The van der Waals surface area contributed by atoms with E-state index in [1.54, 1.807) is 12.4 Å². The van der Waals surface area contributed by atoms with Crippen LogP contribution in [0.15, 0.2) is 35.4 Å². The van der Waals surface area contributed by atoms with E-state index in [9.17, 15) is 5.11 Å².